The molecule has 2 aromatic rings. The van der Waals surface area contributed by atoms with Crippen LogP contribution >= 0.6 is 15.9 Å². The van der Waals surface area contributed by atoms with Crippen LogP contribution in [0.1, 0.15) is 16.7 Å². The Bertz CT molecular complexity index is 599. The molecule has 0 radical (unpaired) electrons. The molecule has 1 heterocycles. The van der Waals surface area contributed by atoms with Crippen LogP contribution in [0.15, 0.2) is 22.8 Å². The zero-order valence-corrected chi connectivity index (χ0v) is 11.1. The first kappa shape index (κ1) is 11.7. The highest BCUT2D eigenvalue weighted by atomic mass is 79.9. The van der Waals surface area contributed by atoms with Crippen LogP contribution in [0, 0.1) is 25.2 Å². The van der Waals surface area contributed by atoms with Gasteiger partial charge in [-0.3, -0.25) is 0 Å². The molecule has 5 heteroatoms. The summed E-state index contributed by atoms with van der Waals surface area (Å²) in [5.41, 5.74) is 9.16. The Kier molecular flexibility index (Phi) is 2.90. The van der Waals surface area contributed by atoms with Crippen molar-refractivity contribution in [3.8, 4) is 11.8 Å². The summed E-state index contributed by atoms with van der Waals surface area (Å²) in [4.78, 5) is 0. The minimum Gasteiger partial charge on any atom is -0.381 e. The van der Waals surface area contributed by atoms with Gasteiger partial charge in [-0.05, 0) is 37.1 Å². The fraction of sp³-hybridized carbons (Fsp3) is 0.167. The van der Waals surface area contributed by atoms with E-state index in [1.807, 2.05) is 32.0 Å². The Morgan fingerprint density at radius 1 is 1.35 bits per heavy atom. The molecule has 1 aromatic heterocycles. The van der Waals surface area contributed by atoms with E-state index >= 15 is 0 Å². The maximum absolute atomic E-state index is 8.87. The molecule has 0 atom stereocenters. The van der Waals surface area contributed by atoms with Gasteiger partial charge < -0.3 is 5.73 Å². The molecule has 0 aliphatic rings. The van der Waals surface area contributed by atoms with E-state index in [0.29, 0.717) is 5.56 Å². The number of hydrogen-bond donors (Lipinski definition) is 1. The van der Waals surface area contributed by atoms with Crippen molar-refractivity contribution in [2.45, 2.75) is 13.8 Å². The highest BCUT2D eigenvalue weighted by Gasteiger charge is 2.11. The Morgan fingerprint density at radius 3 is 2.41 bits per heavy atom. The lowest BCUT2D eigenvalue weighted by Gasteiger charge is -2.10. The standard InChI is InChI=1S/C12H11BrN4/c1-7-3-10(13)4-8(2)11(7)17-6-9(5-14)12(15)16-17/h3-4,6H,1-2H3,(H2,15,16). The first-order chi connectivity index (χ1) is 8.02. The maximum Gasteiger partial charge on any atom is 0.163 e. The van der Waals surface area contributed by atoms with Crippen LogP contribution in [0.3, 0.4) is 0 Å². The smallest absolute Gasteiger partial charge is 0.163 e. The number of rotatable bonds is 1. The number of nitrogens with zero attached hydrogens (tertiary/aromatic N) is 3. The van der Waals surface area contributed by atoms with E-state index in [0.717, 1.165) is 21.3 Å². The molecule has 0 fully saturated rings. The summed E-state index contributed by atoms with van der Waals surface area (Å²) in [7, 11) is 0. The second-order valence-corrected chi connectivity index (χ2v) is 4.79. The zero-order valence-electron chi connectivity index (χ0n) is 9.53. The lowest BCUT2D eigenvalue weighted by molar-refractivity contribution is 0.869. The third-order valence-electron chi connectivity index (χ3n) is 2.55. The van der Waals surface area contributed by atoms with Crippen LogP contribution in [0.2, 0.25) is 0 Å². The molecule has 0 spiro atoms. The summed E-state index contributed by atoms with van der Waals surface area (Å²) in [5, 5.41) is 13.0. The summed E-state index contributed by atoms with van der Waals surface area (Å²) < 4.78 is 2.68. The van der Waals surface area contributed by atoms with Gasteiger partial charge in [-0.15, -0.1) is 5.10 Å². The number of nitriles is 1. The van der Waals surface area contributed by atoms with Crippen LogP contribution in [-0.2, 0) is 0 Å². The van der Waals surface area contributed by atoms with Crippen LogP contribution < -0.4 is 5.73 Å². The van der Waals surface area contributed by atoms with Crippen molar-refractivity contribution in [1.29, 1.82) is 5.26 Å². The molecule has 0 amide bonds. The van der Waals surface area contributed by atoms with Crippen molar-refractivity contribution < 1.29 is 0 Å². The van der Waals surface area contributed by atoms with Crippen molar-refractivity contribution in [2.24, 2.45) is 0 Å². The quantitative estimate of drug-likeness (QED) is 0.878. The molecule has 0 saturated heterocycles. The minimum absolute atomic E-state index is 0.259. The molecule has 0 aliphatic carbocycles. The van der Waals surface area contributed by atoms with Gasteiger partial charge in [-0.2, -0.15) is 5.26 Å². The van der Waals surface area contributed by atoms with E-state index < -0.39 is 0 Å². The number of nitrogens with two attached hydrogens (primary N) is 1. The van der Waals surface area contributed by atoms with E-state index in [1.54, 1.807) is 10.9 Å². The van der Waals surface area contributed by atoms with Gasteiger partial charge in [-0.1, -0.05) is 15.9 Å². The van der Waals surface area contributed by atoms with E-state index in [4.69, 9.17) is 11.0 Å². The number of aromatic nitrogens is 2. The van der Waals surface area contributed by atoms with Crippen LogP contribution in [0.25, 0.3) is 5.69 Å². The average molecular weight is 291 g/mol. The summed E-state index contributed by atoms with van der Waals surface area (Å²) >= 11 is 3.45. The minimum atomic E-state index is 0.259. The van der Waals surface area contributed by atoms with Gasteiger partial charge in [0, 0.05) is 4.47 Å². The number of benzene rings is 1. The van der Waals surface area contributed by atoms with Crippen molar-refractivity contribution in [3.05, 3.63) is 39.5 Å². The monoisotopic (exact) mass is 290 g/mol. The van der Waals surface area contributed by atoms with Gasteiger partial charge in [0.05, 0.1) is 11.9 Å². The Balaban J connectivity index is 2.65. The largest absolute Gasteiger partial charge is 0.381 e. The zero-order chi connectivity index (χ0) is 12.6. The van der Waals surface area contributed by atoms with Gasteiger partial charge in [0.1, 0.15) is 11.6 Å². The molecule has 86 valence electrons. The second kappa shape index (κ2) is 4.22. The highest BCUT2D eigenvalue weighted by Crippen LogP contribution is 2.24. The molecule has 2 N–H and O–H groups in total. The van der Waals surface area contributed by atoms with Crippen molar-refractivity contribution in [2.75, 3.05) is 5.73 Å². The maximum atomic E-state index is 8.87. The highest BCUT2D eigenvalue weighted by molar-refractivity contribution is 9.10. The van der Waals surface area contributed by atoms with Crippen molar-refractivity contribution in [1.82, 2.24) is 9.78 Å². The second-order valence-electron chi connectivity index (χ2n) is 3.87. The van der Waals surface area contributed by atoms with Gasteiger partial charge in [-0.25, -0.2) is 4.68 Å². The van der Waals surface area contributed by atoms with Crippen molar-refractivity contribution >= 4 is 21.7 Å². The lowest BCUT2D eigenvalue weighted by atomic mass is 10.1. The van der Waals surface area contributed by atoms with E-state index in [2.05, 4.69) is 21.0 Å². The molecule has 0 saturated carbocycles. The fourth-order valence-electron chi connectivity index (χ4n) is 1.85. The summed E-state index contributed by atoms with van der Waals surface area (Å²) in [6, 6.07) is 6.03. The summed E-state index contributed by atoms with van der Waals surface area (Å²) in [6.07, 6.45) is 1.65. The van der Waals surface area contributed by atoms with Crippen LogP contribution in [0.5, 0.6) is 0 Å². The van der Waals surface area contributed by atoms with E-state index in [1.165, 1.54) is 0 Å². The number of anilines is 1. The molecule has 4 nitrogen and oxygen atoms in total. The predicted octanol–water partition coefficient (Wildman–Crippen LogP) is 2.71. The number of aryl methyl sites for hydroxylation is 2. The summed E-state index contributed by atoms with van der Waals surface area (Å²) in [6.45, 7) is 3.99. The molecule has 0 unspecified atom stereocenters. The van der Waals surface area contributed by atoms with Gasteiger partial charge in [0.25, 0.3) is 0 Å². The Labute approximate surface area is 108 Å². The number of halogens is 1. The molecular formula is C12H11BrN4. The third kappa shape index (κ3) is 2.04. The average Bonchev–Trinajstić information content (AvgIpc) is 2.57. The first-order valence-corrected chi connectivity index (χ1v) is 5.84. The lowest BCUT2D eigenvalue weighted by Crippen LogP contribution is -2.01. The van der Waals surface area contributed by atoms with Crippen molar-refractivity contribution in [3.63, 3.8) is 0 Å². The molecule has 2 rings (SSSR count). The SMILES string of the molecule is Cc1cc(Br)cc(C)c1-n1cc(C#N)c(N)n1. The fourth-order valence-corrected chi connectivity index (χ4v) is 2.54. The van der Waals surface area contributed by atoms with Crippen LogP contribution in [0.4, 0.5) is 5.82 Å². The van der Waals surface area contributed by atoms with Gasteiger partial charge in [0.2, 0.25) is 0 Å². The molecule has 1 aromatic carbocycles. The van der Waals surface area contributed by atoms with Crippen LogP contribution in [-0.4, -0.2) is 9.78 Å². The summed E-state index contributed by atoms with van der Waals surface area (Å²) in [5.74, 6) is 0.259. The molecule has 0 bridgehead atoms. The normalized spacial score (nSPS) is 10.2. The molecule has 17 heavy (non-hydrogen) atoms. The Morgan fingerprint density at radius 2 is 1.94 bits per heavy atom. The topological polar surface area (TPSA) is 67.6 Å². The number of nitrogen functional groups attached to an aromatic ring is 1. The Hall–Kier alpha value is -1.80. The van der Waals surface area contributed by atoms with E-state index in [9.17, 15) is 0 Å². The first-order valence-electron chi connectivity index (χ1n) is 5.05. The third-order valence-corrected chi connectivity index (χ3v) is 3.01. The predicted molar refractivity (Wildman–Crippen MR) is 69.9 cm³/mol. The van der Waals surface area contributed by atoms with E-state index in [-0.39, 0.29) is 5.82 Å². The van der Waals surface area contributed by atoms with Gasteiger partial charge in [0.15, 0.2) is 5.82 Å². The van der Waals surface area contributed by atoms with Gasteiger partial charge >= 0.3 is 0 Å². The number of hydrogen-bond acceptors (Lipinski definition) is 3. The molecule has 0 aliphatic heterocycles. The molecular weight excluding hydrogens is 280 g/mol.